The van der Waals surface area contributed by atoms with Crippen LogP contribution in [0.25, 0.3) is 22.3 Å². The van der Waals surface area contributed by atoms with Crippen LogP contribution >= 0.6 is 0 Å². The van der Waals surface area contributed by atoms with E-state index >= 15 is 8.78 Å². The van der Waals surface area contributed by atoms with Gasteiger partial charge in [0, 0.05) is 17.2 Å². The zero-order valence-corrected chi connectivity index (χ0v) is 24.3. The Balaban J connectivity index is 1.35. The molecule has 4 aromatic rings. The largest absolute Gasteiger partial charge is 0.460 e. The molecule has 0 spiro atoms. The highest BCUT2D eigenvalue weighted by Crippen LogP contribution is 2.41. The quantitative estimate of drug-likeness (QED) is 0.162. The third kappa shape index (κ3) is 7.10. The Morgan fingerprint density at radius 1 is 0.689 bits per heavy atom. The van der Waals surface area contributed by atoms with Crippen LogP contribution in [-0.2, 0) is 6.11 Å². The van der Waals surface area contributed by atoms with Crippen LogP contribution < -0.4 is 9.47 Å². The van der Waals surface area contributed by atoms with Crippen LogP contribution in [0.3, 0.4) is 0 Å². The van der Waals surface area contributed by atoms with Gasteiger partial charge in [0.15, 0.2) is 11.6 Å². The van der Waals surface area contributed by atoms with Gasteiger partial charge >= 0.3 is 6.11 Å². The number of ether oxygens (including phenoxy) is 2. The summed E-state index contributed by atoms with van der Waals surface area (Å²) < 4.78 is 125. The number of rotatable bonds is 10. The molecule has 238 valence electrons. The average molecular weight is 635 g/mol. The molecule has 0 radical (unpaired) electrons. The molecular weight excluding hydrogens is 604 g/mol. The number of hydrogen-bond donors (Lipinski definition) is 0. The van der Waals surface area contributed by atoms with Crippen molar-refractivity contribution >= 4 is 0 Å². The maximum absolute atomic E-state index is 15.2. The van der Waals surface area contributed by atoms with Crippen LogP contribution in [0.1, 0.15) is 62.5 Å². The molecule has 1 saturated carbocycles. The van der Waals surface area contributed by atoms with Crippen molar-refractivity contribution in [2.75, 3.05) is 6.86 Å². The molecule has 0 bridgehead atoms. The monoisotopic (exact) mass is 634 g/mol. The summed E-state index contributed by atoms with van der Waals surface area (Å²) in [7, 11) is 0. The summed E-state index contributed by atoms with van der Waals surface area (Å²) in [6.07, 6.45) is 1.92. The average Bonchev–Trinajstić information content (AvgIpc) is 2.98. The minimum atomic E-state index is -4.61. The molecule has 0 N–H and O–H groups in total. The van der Waals surface area contributed by atoms with Crippen molar-refractivity contribution in [3.8, 4) is 33.8 Å². The molecule has 1 aliphatic rings. The summed E-state index contributed by atoms with van der Waals surface area (Å²) in [4.78, 5) is 0. The van der Waals surface area contributed by atoms with Crippen LogP contribution in [0, 0.1) is 35.0 Å². The lowest BCUT2D eigenvalue weighted by Crippen LogP contribution is -2.25. The number of hydrogen-bond acceptors (Lipinski definition) is 2. The first-order valence-corrected chi connectivity index (χ1v) is 14.6. The van der Waals surface area contributed by atoms with Crippen molar-refractivity contribution in [3.05, 3.63) is 107 Å². The van der Waals surface area contributed by atoms with E-state index in [0.717, 1.165) is 55.9 Å². The van der Waals surface area contributed by atoms with Crippen molar-refractivity contribution in [2.45, 2.75) is 57.5 Å². The molecule has 0 aromatic heterocycles. The topological polar surface area (TPSA) is 18.5 Å². The Hall–Kier alpha value is -4.08. The molecule has 0 heterocycles. The Morgan fingerprint density at radius 3 is 1.91 bits per heavy atom. The zero-order valence-electron chi connectivity index (χ0n) is 24.3. The van der Waals surface area contributed by atoms with Crippen LogP contribution in [0.15, 0.2) is 66.7 Å². The molecule has 1 aliphatic carbocycles. The number of halogens is 8. The van der Waals surface area contributed by atoms with Crippen LogP contribution in [-0.4, -0.2) is 6.86 Å². The van der Waals surface area contributed by atoms with Gasteiger partial charge in [0.25, 0.3) is 0 Å². The number of benzene rings is 4. The molecule has 4 aromatic carbocycles. The Kier molecular flexibility index (Phi) is 9.70. The van der Waals surface area contributed by atoms with Crippen LogP contribution in [0.2, 0.25) is 0 Å². The van der Waals surface area contributed by atoms with Gasteiger partial charge in [0.1, 0.15) is 34.6 Å². The standard InChI is InChI=1S/C35H30F8O2/c1-2-3-20-4-6-21(7-5-20)22-8-11-26(28(37)14-22)23-9-12-27(29(38)15-23)24-16-31(40)34(32(41)17-24)35(42,43)45-25-10-13-33(44-19-36)30(39)18-25/h8-18,20-21H,2-7,19H2,1H3. The minimum Gasteiger partial charge on any atom is -0.460 e. The van der Waals surface area contributed by atoms with E-state index in [9.17, 15) is 26.3 Å². The maximum atomic E-state index is 15.2. The fourth-order valence-corrected chi connectivity index (χ4v) is 6.06. The predicted octanol–water partition coefficient (Wildman–Crippen LogP) is 11.2. The minimum absolute atomic E-state index is 0.147. The van der Waals surface area contributed by atoms with Crippen molar-refractivity contribution < 1.29 is 44.6 Å². The molecule has 5 rings (SSSR count). The molecule has 2 nitrogen and oxygen atoms in total. The highest BCUT2D eigenvalue weighted by Gasteiger charge is 2.41. The SMILES string of the molecule is CCCC1CCC(c2ccc(-c3ccc(-c4cc(F)c(C(F)(F)Oc5ccc(OCF)c(F)c5)c(F)c4)c(F)c3)c(F)c2)CC1. The van der Waals surface area contributed by atoms with E-state index in [1.54, 1.807) is 6.07 Å². The zero-order chi connectivity index (χ0) is 32.3. The van der Waals surface area contributed by atoms with Gasteiger partial charge in [-0.2, -0.15) is 8.78 Å². The molecule has 45 heavy (non-hydrogen) atoms. The highest BCUT2D eigenvalue weighted by molar-refractivity contribution is 5.72. The molecular formula is C35H30F8O2. The fourth-order valence-electron chi connectivity index (χ4n) is 6.06. The third-order valence-electron chi connectivity index (χ3n) is 8.29. The maximum Gasteiger partial charge on any atom is 0.432 e. The van der Waals surface area contributed by atoms with Crippen LogP contribution in [0.5, 0.6) is 11.5 Å². The molecule has 0 atom stereocenters. The Labute approximate surface area is 255 Å². The van der Waals surface area contributed by atoms with Crippen molar-refractivity contribution in [3.63, 3.8) is 0 Å². The second kappa shape index (κ2) is 13.5. The van der Waals surface area contributed by atoms with Crippen LogP contribution in [0.4, 0.5) is 35.1 Å². The van der Waals surface area contributed by atoms with Crippen molar-refractivity contribution in [2.24, 2.45) is 5.92 Å². The van der Waals surface area contributed by atoms with E-state index in [-0.39, 0.29) is 28.2 Å². The molecule has 0 aliphatic heterocycles. The second-order valence-corrected chi connectivity index (χ2v) is 11.2. The lowest BCUT2D eigenvalue weighted by atomic mass is 9.77. The van der Waals surface area contributed by atoms with Gasteiger partial charge in [-0.05, 0) is 90.6 Å². The predicted molar refractivity (Wildman–Crippen MR) is 154 cm³/mol. The Bertz CT molecular complexity index is 1640. The summed E-state index contributed by atoms with van der Waals surface area (Å²) in [5, 5.41) is 0. The molecule has 0 saturated heterocycles. The third-order valence-corrected chi connectivity index (χ3v) is 8.29. The van der Waals surface area contributed by atoms with E-state index in [2.05, 4.69) is 16.4 Å². The first-order chi connectivity index (χ1) is 21.5. The summed E-state index contributed by atoms with van der Waals surface area (Å²) in [6, 6.07) is 11.5. The Morgan fingerprint density at radius 2 is 1.31 bits per heavy atom. The molecule has 0 unspecified atom stereocenters. The van der Waals surface area contributed by atoms with Crippen molar-refractivity contribution in [1.82, 2.24) is 0 Å². The first kappa shape index (κ1) is 32.3. The van der Waals surface area contributed by atoms with E-state index in [1.165, 1.54) is 24.6 Å². The summed E-state index contributed by atoms with van der Waals surface area (Å²) >= 11 is 0. The van der Waals surface area contributed by atoms with E-state index in [0.29, 0.717) is 24.1 Å². The lowest BCUT2D eigenvalue weighted by molar-refractivity contribution is -0.189. The van der Waals surface area contributed by atoms with E-state index < -0.39 is 59.1 Å². The molecule has 10 heteroatoms. The molecule has 0 amide bonds. The van der Waals surface area contributed by atoms with E-state index in [4.69, 9.17) is 0 Å². The normalized spacial score (nSPS) is 16.9. The summed E-state index contributed by atoms with van der Waals surface area (Å²) in [5.74, 6) is -6.64. The van der Waals surface area contributed by atoms with Gasteiger partial charge < -0.3 is 9.47 Å². The highest BCUT2D eigenvalue weighted by atomic mass is 19.3. The summed E-state index contributed by atoms with van der Waals surface area (Å²) in [5.41, 5.74) is -1.24. The fraction of sp³-hybridized carbons (Fsp3) is 0.314. The van der Waals surface area contributed by atoms with Gasteiger partial charge in [-0.3, -0.25) is 0 Å². The van der Waals surface area contributed by atoms with Gasteiger partial charge in [-0.1, -0.05) is 44.0 Å². The van der Waals surface area contributed by atoms with Crippen molar-refractivity contribution in [1.29, 1.82) is 0 Å². The van der Waals surface area contributed by atoms with Gasteiger partial charge in [-0.25, -0.2) is 26.3 Å². The summed E-state index contributed by atoms with van der Waals surface area (Å²) in [6.45, 7) is 0.798. The van der Waals surface area contributed by atoms with Gasteiger partial charge in [-0.15, -0.1) is 0 Å². The lowest BCUT2D eigenvalue weighted by Gasteiger charge is -2.28. The van der Waals surface area contributed by atoms with E-state index in [1.807, 2.05) is 6.07 Å². The van der Waals surface area contributed by atoms with Gasteiger partial charge in [0.2, 0.25) is 6.86 Å². The second-order valence-electron chi connectivity index (χ2n) is 11.2. The smallest absolute Gasteiger partial charge is 0.432 e. The number of alkyl halides is 3. The molecule has 1 fully saturated rings. The van der Waals surface area contributed by atoms with Gasteiger partial charge in [0.05, 0.1) is 0 Å². The first-order valence-electron chi connectivity index (χ1n) is 14.6.